The van der Waals surface area contributed by atoms with Gasteiger partial charge in [0, 0.05) is 18.0 Å². The van der Waals surface area contributed by atoms with E-state index >= 15 is 0 Å². The van der Waals surface area contributed by atoms with Crippen LogP contribution in [0.5, 0.6) is 5.75 Å². The van der Waals surface area contributed by atoms with Crippen molar-refractivity contribution in [1.82, 2.24) is 5.32 Å². The fourth-order valence-electron chi connectivity index (χ4n) is 1.58. The molecule has 3 nitrogen and oxygen atoms in total. The predicted octanol–water partition coefficient (Wildman–Crippen LogP) is 3.04. The van der Waals surface area contributed by atoms with Gasteiger partial charge in [0.25, 0.3) is 0 Å². The van der Waals surface area contributed by atoms with Crippen LogP contribution in [-0.4, -0.2) is 24.4 Å². The van der Waals surface area contributed by atoms with Gasteiger partial charge in [0.1, 0.15) is 18.5 Å². The number of aliphatic hydroxyl groups is 1. The molecule has 0 spiro atoms. The van der Waals surface area contributed by atoms with Crippen molar-refractivity contribution >= 4 is 27.3 Å². The lowest BCUT2D eigenvalue weighted by molar-refractivity contribution is 0.106. The first-order valence-corrected chi connectivity index (χ1v) is 7.66. The van der Waals surface area contributed by atoms with Crippen LogP contribution in [-0.2, 0) is 6.54 Å². The monoisotopic (exact) mass is 341 g/mol. The number of benzene rings is 1. The number of thiophene rings is 1. The second-order valence-corrected chi connectivity index (χ2v) is 6.66. The zero-order valence-electron chi connectivity index (χ0n) is 10.4. The number of para-hydroxylation sites is 1. The summed E-state index contributed by atoms with van der Waals surface area (Å²) >= 11 is 5.12. The van der Waals surface area contributed by atoms with Crippen molar-refractivity contribution in [2.75, 3.05) is 13.2 Å². The summed E-state index contributed by atoms with van der Waals surface area (Å²) in [6, 6.07) is 13.6. The Hall–Kier alpha value is -0.880. The third-order valence-electron chi connectivity index (χ3n) is 2.49. The Morgan fingerprint density at radius 3 is 2.68 bits per heavy atom. The fourth-order valence-corrected chi connectivity index (χ4v) is 3.03. The van der Waals surface area contributed by atoms with Gasteiger partial charge >= 0.3 is 0 Å². The van der Waals surface area contributed by atoms with Crippen LogP contribution in [0.15, 0.2) is 46.3 Å². The highest BCUT2D eigenvalue weighted by atomic mass is 79.9. The Kier molecular flexibility index (Phi) is 5.85. The van der Waals surface area contributed by atoms with Crippen molar-refractivity contribution in [2.45, 2.75) is 12.6 Å². The Morgan fingerprint density at radius 1 is 1.21 bits per heavy atom. The molecule has 1 atom stereocenters. The van der Waals surface area contributed by atoms with E-state index < -0.39 is 6.10 Å². The van der Waals surface area contributed by atoms with Gasteiger partial charge in [0.15, 0.2) is 0 Å². The maximum atomic E-state index is 9.80. The van der Waals surface area contributed by atoms with Gasteiger partial charge in [-0.3, -0.25) is 0 Å². The minimum Gasteiger partial charge on any atom is -0.491 e. The zero-order valence-corrected chi connectivity index (χ0v) is 12.8. The van der Waals surface area contributed by atoms with Crippen LogP contribution in [0.25, 0.3) is 0 Å². The molecule has 1 heterocycles. The maximum Gasteiger partial charge on any atom is 0.119 e. The van der Waals surface area contributed by atoms with E-state index in [-0.39, 0.29) is 0 Å². The van der Waals surface area contributed by atoms with Gasteiger partial charge in [-0.15, -0.1) is 11.3 Å². The number of ether oxygens (including phenoxy) is 1. The zero-order chi connectivity index (χ0) is 13.5. The van der Waals surface area contributed by atoms with E-state index in [1.165, 1.54) is 4.88 Å². The van der Waals surface area contributed by atoms with E-state index in [2.05, 4.69) is 27.3 Å². The van der Waals surface area contributed by atoms with Crippen LogP contribution in [0.3, 0.4) is 0 Å². The van der Waals surface area contributed by atoms with E-state index in [9.17, 15) is 5.11 Å². The molecule has 0 fully saturated rings. The Balaban J connectivity index is 1.63. The molecule has 0 saturated carbocycles. The van der Waals surface area contributed by atoms with E-state index in [4.69, 9.17) is 4.74 Å². The van der Waals surface area contributed by atoms with Crippen molar-refractivity contribution in [3.8, 4) is 5.75 Å². The summed E-state index contributed by atoms with van der Waals surface area (Å²) in [5, 5.41) is 13.0. The fraction of sp³-hybridized carbons (Fsp3) is 0.286. The smallest absolute Gasteiger partial charge is 0.119 e. The first-order chi connectivity index (χ1) is 9.24. The molecule has 0 bridgehead atoms. The number of rotatable bonds is 7. The van der Waals surface area contributed by atoms with Crippen molar-refractivity contribution in [1.29, 1.82) is 0 Å². The summed E-state index contributed by atoms with van der Waals surface area (Å²) < 4.78 is 6.60. The van der Waals surface area contributed by atoms with Crippen molar-refractivity contribution in [3.05, 3.63) is 51.1 Å². The largest absolute Gasteiger partial charge is 0.491 e. The molecule has 2 aromatic rings. The summed E-state index contributed by atoms with van der Waals surface area (Å²) in [4.78, 5) is 1.24. The van der Waals surface area contributed by atoms with Crippen molar-refractivity contribution in [3.63, 3.8) is 0 Å². The Morgan fingerprint density at radius 2 is 2.00 bits per heavy atom. The highest BCUT2D eigenvalue weighted by Gasteiger charge is 2.05. The van der Waals surface area contributed by atoms with Gasteiger partial charge in [-0.25, -0.2) is 0 Å². The molecule has 2 N–H and O–H groups in total. The maximum absolute atomic E-state index is 9.80. The van der Waals surface area contributed by atoms with Gasteiger partial charge in [-0.05, 0) is 40.2 Å². The van der Waals surface area contributed by atoms with Crippen LogP contribution >= 0.6 is 27.3 Å². The highest BCUT2D eigenvalue weighted by Crippen LogP contribution is 2.21. The molecule has 1 unspecified atom stereocenters. The summed E-state index contributed by atoms with van der Waals surface area (Å²) in [5.74, 6) is 0.781. The standard InChI is InChI=1S/C14H16BrNO2S/c15-14-7-6-13(19-14)9-16-8-11(17)10-18-12-4-2-1-3-5-12/h1-7,11,16-17H,8-10H2. The molecule has 0 amide bonds. The van der Waals surface area contributed by atoms with Crippen molar-refractivity contribution in [2.24, 2.45) is 0 Å². The van der Waals surface area contributed by atoms with Gasteiger partial charge < -0.3 is 15.2 Å². The minimum absolute atomic E-state index is 0.297. The van der Waals surface area contributed by atoms with Gasteiger partial charge in [-0.2, -0.15) is 0 Å². The van der Waals surface area contributed by atoms with Gasteiger partial charge in [-0.1, -0.05) is 18.2 Å². The third kappa shape index (κ3) is 5.32. The lowest BCUT2D eigenvalue weighted by atomic mass is 10.3. The van der Waals surface area contributed by atoms with Crippen LogP contribution in [0.2, 0.25) is 0 Å². The van der Waals surface area contributed by atoms with Crippen LogP contribution in [0.4, 0.5) is 0 Å². The number of aliphatic hydroxyl groups excluding tert-OH is 1. The molecular formula is C14H16BrNO2S. The predicted molar refractivity (Wildman–Crippen MR) is 81.7 cm³/mol. The summed E-state index contributed by atoms with van der Waals surface area (Å²) in [6.45, 7) is 1.58. The van der Waals surface area contributed by atoms with Crippen LogP contribution in [0.1, 0.15) is 4.88 Å². The number of hydrogen-bond acceptors (Lipinski definition) is 4. The molecule has 19 heavy (non-hydrogen) atoms. The van der Waals surface area contributed by atoms with E-state index in [1.807, 2.05) is 36.4 Å². The molecule has 0 saturated heterocycles. The lowest BCUT2D eigenvalue weighted by Gasteiger charge is -2.12. The molecule has 0 aliphatic heterocycles. The number of hydrogen-bond donors (Lipinski definition) is 2. The lowest BCUT2D eigenvalue weighted by Crippen LogP contribution is -2.30. The third-order valence-corrected chi connectivity index (χ3v) is 4.12. The first kappa shape index (κ1) is 14.5. The summed E-state index contributed by atoms with van der Waals surface area (Å²) in [5.41, 5.74) is 0. The highest BCUT2D eigenvalue weighted by molar-refractivity contribution is 9.11. The van der Waals surface area contributed by atoms with E-state index in [0.717, 1.165) is 16.1 Å². The molecule has 0 aliphatic carbocycles. The van der Waals surface area contributed by atoms with E-state index in [1.54, 1.807) is 11.3 Å². The molecule has 102 valence electrons. The quantitative estimate of drug-likeness (QED) is 0.813. The van der Waals surface area contributed by atoms with E-state index in [0.29, 0.717) is 13.2 Å². The molecule has 2 rings (SSSR count). The average Bonchev–Trinajstić information content (AvgIpc) is 2.83. The molecule has 0 radical (unpaired) electrons. The Labute approximate surface area is 125 Å². The molecule has 1 aromatic carbocycles. The van der Waals surface area contributed by atoms with Gasteiger partial charge in [0.05, 0.1) is 3.79 Å². The molecule has 1 aromatic heterocycles. The normalized spacial score (nSPS) is 12.3. The number of nitrogens with one attached hydrogen (secondary N) is 1. The van der Waals surface area contributed by atoms with Crippen LogP contribution in [0, 0.1) is 0 Å². The van der Waals surface area contributed by atoms with Crippen molar-refractivity contribution < 1.29 is 9.84 Å². The average molecular weight is 342 g/mol. The SMILES string of the molecule is OC(CNCc1ccc(Br)s1)COc1ccccc1. The Bertz CT molecular complexity index is 489. The summed E-state index contributed by atoms with van der Waals surface area (Å²) in [6.07, 6.45) is -0.511. The number of halogens is 1. The second-order valence-electron chi connectivity index (χ2n) is 4.11. The topological polar surface area (TPSA) is 41.5 Å². The first-order valence-electron chi connectivity index (χ1n) is 6.05. The molecule has 5 heteroatoms. The van der Waals surface area contributed by atoms with Gasteiger partial charge in [0.2, 0.25) is 0 Å². The second kappa shape index (κ2) is 7.65. The molecule has 0 aliphatic rings. The molecular weight excluding hydrogens is 326 g/mol. The summed E-state index contributed by atoms with van der Waals surface area (Å²) in [7, 11) is 0. The minimum atomic E-state index is -0.511. The van der Waals surface area contributed by atoms with Crippen LogP contribution < -0.4 is 10.1 Å².